The van der Waals surface area contributed by atoms with Crippen LogP contribution in [-0.2, 0) is 14.9 Å². The van der Waals surface area contributed by atoms with E-state index >= 15 is 0 Å². The topological polar surface area (TPSA) is 46.1 Å². The van der Waals surface area contributed by atoms with Crippen molar-refractivity contribution in [3.8, 4) is 0 Å². The molecule has 1 fully saturated rings. The zero-order valence-corrected chi connectivity index (χ0v) is 17.8. The zero-order valence-electron chi connectivity index (χ0n) is 17.8. The number of ether oxygens (including phenoxy) is 2. The summed E-state index contributed by atoms with van der Waals surface area (Å²) in [5, 5.41) is 3.48. The van der Waals surface area contributed by atoms with Gasteiger partial charge in [0.15, 0.2) is 5.96 Å². The molecule has 0 amide bonds. The summed E-state index contributed by atoms with van der Waals surface area (Å²) in [6.45, 7) is 14.7. The highest BCUT2D eigenvalue weighted by atomic mass is 16.5. The normalized spacial score (nSPS) is 18.2. The first kappa shape index (κ1) is 21.7. The van der Waals surface area contributed by atoms with Crippen molar-refractivity contribution in [1.82, 2.24) is 10.2 Å². The first-order valence-electron chi connectivity index (χ1n) is 10.1. The number of hydrogen-bond donors (Lipinski definition) is 1. The minimum Gasteiger partial charge on any atom is -0.382 e. The molecule has 0 aromatic heterocycles. The van der Waals surface area contributed by atoms with E-state index in [4.69, 9.17) is 14.5 Å². The molecule has 152 valence electrons. The molecular formula is C22H37N3O2. The van der Waals surface area contributed by atoms with Gasteiger partial charge in [-0.1, -0.05) is 38.1 Å². The largest absolute Gasteiger partial charge is 0.382 e. The minimum absolute atomic E-state index is 0.00834. The molecule has 1 saturated heterocycles. The molecule has 1 aromatic rings. The van der Waals surface area contributed by atoms with E-state index in [2.05, 4.69) is 62.2 Å². The van der Waals surface area contributed by atoms with Crippen molar-refractivity contribution in [3.63, 3.8) is 0 Å². The first-order valence-corrected chi connectivity index (χ1v) is 10.1. The lowest BCUT2D eigenvalue weighted by molar-refractivity contribution is 0.0536. The van der Waals surface area contributed by atoms with Gasteiger partial charge in [-0.3, -0.25) is 4.99 Å². The SMILES string of the molecule is CCNC(=NCC(C)(C)c1ccccc1C)N1CCC(COCCOC)C1. The van der Waals surface area contributed by atoms with Gasteiger partial charge < -0.3 is 19.7 Å². The van der Waals surface area contributed by atoms with Gasteiger partial charge in [0.2, 0.25) is 0 Å². The van der Waals surface area contributed by atoms with Crippen LogP contribution in [0.1, 0.15) is 38.3 Å². The Kier molecular flexibility index (Phi) is 8.58. The fourth-order valence-electron chi connectivity index (χ4n) is 3.67. The number of guanidine groups is 1. The molecule has 2 rings (SSSR count). The van der Waals surface area contributed by atoms with Crippen molar-refractivity contribution < 1.29 is 9.47 Å². The Hall–Kier alpha value is -1.59. The Bertz CT molecular complexity index is 601. The summed E-state index contributed by atoms with van der Waals surface area (Å²) in [4.78, 5) is 7.38. The van der Waals surface area contributed by atoms with Gasteiger partial charge in [-0.15, -0.1) is 0 Å². The van der Waals surface area contributed by atoms with Crippen molar-refractivity contribution in [3.05, 3.63) is 35.4 Å². The summed E-state index contributed by atoms with van der Waals surface area (Å²) < 4.78 is 10.8. The zero-order chi connectivity index (χ0) is 19.7. The van der Waals surface area contributed by atoms with Crippen LogP contribution in [0.3, 0.4) is 0 Å². The summed E-state index contributed by atoms with van der Waals surface area (Å²) >= 11 is 0. The number of nitrogens with zero attached hydrogens (tertiary/aromatic N) is 2. The average molecular weight is 376 g/mol. The van der Waals surface area contributed by atoms with E-state index in [9.17, 15) is 0 Å². The Morgan fingerprint density at radius 3 is 2.78 bits per heavy atom. The van der Waals surface area contributed by atoms with Crippen LogP contribution < -0.4 is 5.32 Å². The van der Waals surface area contributed by atoms with Gasteiger partial charge >= 0.3 is 0 Å². The number of benzene rings is 1. The summed E-state index contributed by atoms with van der Waals surface area (Å²) in [7, 11) is 1.71. The Morgan fingerprint density at radius 2 is 2.07 bits per heavy atom. The van der Waals surface area contributed by atoms with E-state index in [1.165, 1.54) is 11.1 Å². The number of methoxy groups -OCH3 is 1. The van der Waals surface area contributed by atoms with Gasteiger partial charge in [0.05, 0.1) is 26.4 Å². The van der Waals surface area contributed by atoms with E-state index < -0.39 is 0 Å². The Labute approximate surface area is 165 Å². The van der Waals surface area contributed by atoms with Gasteiger partial charge in [0, 0.05) is 38.1 Å². The fourth-order valence-corrected chi connectivity index (χ4v) is 3.67. The molecule has 1 aliphatic rings. The number of hydrogen-bond acceptors (Lipinski definition) is 3. The van der Waals surface area contributed by atoms with Gasteiger partial charge in [0.25, 0.3) is 0 Å². The average Bonchev–Trinajstić information content (AvgIpc) is 3.11. The van der Waals surface area contributed by atoms with Gasteiger partial charge in [-0.2, -0.15) is 0 Å². The van der Waals surface area contributed by atoms with E-state index in [-0.39, 0.29) is 5.41 Å². The molecule has 1 heterocycles. The van der Waals surface area contributed by atoms with Crippen LogP contribution in [0.5, 0.6) is 0 Å². The third kappa shape index (κ3) is 6.51. The number of rotatable bonds is 9. The van der Waals surface area contributed by atoms with Crippen LogP contribution in [-0.4, -0.2) is 64.0 Å². The molecule has 5 heteroatoms. The van der Waals surface area contributed by atoms with Gasteiger partial charge in [-0.25, -0.2) is 0 Å². The van der Waals surface area contributed by atoms with Gasteiger partial charge in [0.1, 0.15) is 0 Å². The summed E-state index contributed by atoms with van der Waals surface area (Å²) in [5.74, 6) is 1.59. The van der Waals surface area contributed by atoms with E-state index in [1.807, 2.05) is 0 Å². The molecule has 5 nitrogen and oxygen atoms in total. The molecule has 0 aliphatic carbocycles. The molecule has 1 unspecified atom stereocenters. The minimum atomic E-state index is 0.00834. The lowest BCUT2D eigenvalue weighted by Gasteiger charge is -2.27. The molecule has 0 saturated carbocycles. The predicted octanol–water partition coefficient (Wildman–Crippen LogP) is 3.22. The van der Waals surface area contributed by atoms with Crippen molar-refractivity contribution in [2.24, 2.45) is 10.9 Å². The van der Waals surface area contributed by atoms with Crippen molar-refractivity contribution >= 4 is 5.96 Å². The summed E-state index contributed by atoms with van der Waals surface area (Å²) in [6, 6.07) is 8.62. The summed E-state index contributed by atoms with van der Waals surface area (Å²) in [6.07, 6.45) is 1.15. The number of aliphatic imine (C=N–C) groups is 1. The number of aryl methyl sites for hydroxylation is 1. The van der Waals surface area contributed by atoms with Crippen LogP contribution in [0.4, 0.5) is 0 Å². The second kappa shape index (κ2) is 10.7. The fraction of sp³-hybridized carbons (Fsp3) is 0.682. The second-order valence-electron chi connectivity index (χ2n) is 8.04. The van der Waals surface area contributed by atoms with Crippen LogP contribution in [0, 0.1) is 12.8 Å². The highest BCUT2D eigenvalue weighted by Gasteiger charge is 2.27. The molecule has 1 aromatic carbocycles. The maximum atomic E-state index is 5.72. The summed E-state index contributed by atoms with van der Waals surface area (Å²) in [5.41, 5.74) is 2.71. The maximum Gasteiger partial charge on any atom is 0.193 e. The maximum absolute atomic E-state index is 5.72. The number of nitrogens with one attached hydrogen (secondary N) is 1. The molecule has 0 radical (unpaired) electrons. The Balaban J connectivity index is 1.97. The third-order valence-electron chi connectivity index (χ3n) is 5.20. The van der Waals surface area contributed by atoms with Crippen molar-refractivity contribution in [2.45, 2.75) is 39.5 Å². The van der Waals surface area contributed by atoms with Crippen LogP contribution >= 0.6 is 0 Å². The third-order valence-corrected chi connectivity index (χ3v) is 5.20. The van der Waals surface area contributed by atoms with Crippen molar-refractivity contribution in [2.75, 3.05) is 53.1 Å². The van der Waals surface area contributed by atoms with Gasteiger partial charge in [-0.05, 0) is 31.4 Å². The van der Waals surface area contributed by atoms with E-state index in [0.29, 0.717) is 19.1 Å². The molecule has 0 spiro atoms. The highest BCUT2D eigenvalue weighted by molar-refractivity contribution is 5.80. The predicted molar refractivity (Wildman–Crippen MR) is 113 cm³/mol. The molecule has 1 atom stereocenters. The Morgan fingerprint density at radius 1 is 1.30 bits per heavy atom. The lowest BCUT2D eigenvalue weighted by atomic mass is 9.82. The van der Waals surface area contributed by atoms with Crippen LogP contribution in [0.2, 0.25) is 0 Å². The second-order valence-corrected chi connectivity index (χ2v) is 8.04. The molecule has 1 aliphatic heterocycles. The van der Waals surface area contributed by atoms with E-state index in [0.717, 1.165) is 45.2 Å². The molecular weight excluding hydrogens is 338 g/mol. The number of likely N-dealkylation sites (tertiary alicyclic amines) is 1. The molecule has 1 N–H and O–H groups in total. The smallest absolute Gasteiger partial charge is 0.193 e. The molecule has 27 heavy (non-hydrogen) atoms. The highest BCUT2D eigenvalue weighted by Crippen LogP contribution is 2.27. The van der Waals surface area contributed by atoms with Crippen LogP contribution in [0.25, 0.3) is 0 Å². The van der Waals surface area contributed by atoms with Crippen LogP contribution in [0.15, 0.2) is 29.3 Å². The molecule has 0 bridgehead atoms. The standard InChI is InChI=1S/C22H37N3O2/c1-6-23-21(25-12-11-19(15-25)16-27-14-13-26-5)24-17-22(3,4)20-10-8-7-9-18(20)2/h7-10,19H,6,11-17H2,1-5H3,(H,23,24). The quantitative estimate of drug-likeness (QED) is 0.409. The van der Waals surface area contributed by atoms with Crippen molar-refractivity contribution in [1.29, 1.82) is 0 Å². The first-order chi connectivity index (χ1) is 13.0. The lowest BCUT2D eigenvalue weighted by Crippen LogP contribution is -2.41. The van der Waals surface area contributed by atoms with E-state index in [1.54, 1.807) is 7.11 Å². The monoisotopic (exact) mass is 375 g/mol.